The van der Waals surface area contributed by atoms with Crippen molar-refractivity contribution >= 4 is 21.7 Å². The smallest absolute Gasteiger partial charge is 0.356 e. The molecule has 1 aliphatic heterocycles. The number of halogens is 3. The van der Waals surface area contributed by atoms with Gasteiger partial charge < -0.3 is 10.6 Å². The quantitative estimate of drug-likeness (QED) is 0.567. The minimum atomic E-state index is -4.66. The summed E-state index contributed by atoms with van der Waals surface area (Å²) in [6.45, 7) is 3.10. The highest BCUT2D eigenvalue weighted by Crippen LogP contribution is 2.45. The summed E-state index contributed by atoms with van der Waals surface area (Å²) < 4.78 is 69.2. The van der Waals surface area contributed by atoms with Crippen LogP contribution in [-0.4, -0.2) is 37.5 Å². The molecule has 7 nitrogen and oxygen atoms in total. The van der Waals surface area contributed by atoms with E-state index in [1.807, 2.05) is 4.90 Å². The zero-order valence-electron chi connectivity index (χ0n) is 18.1. The van der Waals surface area contributed by atoms with E-state index in [-0.39, 0.29) is 28.1 Å². The Kier molecular flexibility index (Phi) is 5.28. The number of nitrogens with one attached hydrogen (secondary N) is 1. The molecule has 2 unspecified atom stereocenters. The first-order chi connectivity index (χ1) is 16.0. The van der Waals surface area contributed by atoms with Crippen molar-refractivity contribution in [2.45, 2.75) is 24.2 Å². The van der Waals surface area contributed by atoms with Crippen LogP contribution in [0.2, 0.25) is 0 Å². The van der Waals surface area contributed by atoms with Gasteiger partial charge in [0.15, 0.2) is 5.03 Å². The maximum atomic E-state index is 13.6. The van der Waals surface area contributed by atoms with Crippen molar-refractivity contribution in [3.05, 3.63) is 65.7 Å². The zero-order valence-corrected chi connectivity index (χ0v) is 18.9. The molecule has 2 atom stereocenters. The Morgan fingerprint density at radius 1 is 1.00 bits per heavy atom. The highest BCUT2D eigenvalue weighted by molar-refractivity contribution is 7.92. The minimum Gasteiger partial charge on any atom is -0.356 e. The van der Waals surface area contributed by atoms with Crippen LogP contribution in [0.25, 0.3) is 11.3 Å². The van der Waals surface area contributed by atoms with Crippen molar-refractivity contribution in [3.63, 3.8) is 0 Å². The average molecular weight is 490 g/mol. The number of hydrogen-bond donors (Lipinski definition) is 2. The number of fused-ring (bicyclic) bond motifs is 1. The van der Waals surface area contributed by atoms with Gasteiger partial charge in [-0.05, 0) is 48.6 Å². The number of nitrogens with zero attached hydrogens (tertiary/aromatic N) is 3. The number of sulfonamides is 1. The van der Waals surface area contributed by atoms with Crippen LogP contribution in [0, 0.1) is 18.8 Å². The van der Waals surface area contributed by atoms with E-state index in [1.165, 1.54) is 12.1 Å². The van der Waals surface area contributed by atoms with Gasteiger partial charge in [-0.15, -0.1) is 0 Å². The summed E-state index contributed by atoms with van der Waals surface area (Å²) in [7, 11) is -4.19. The molecule has 1 saturated heterocycles. The lowest BCUT2D eigenvalue weighted by atomic mass is 10.0. The SMILES string of the molecule is Cc1ccccc1-c1nc(NS(=O)(=O)c2cccc(N3CC4C(N)C4C3)n2)ccc1C(F)(F)F. The molecule has 3 heterocycles. The number of alkyl halides is 3. The monoisotopic (exact) mass is 489 g/mol. The molecule has 0 radical (unpaired) electrons. The molecule has 5 rings (SSSR count). The molecule has 0 amide bonds. The topological polar surface area (TPSA) is 101 Å². The number of anilines is 2. The van der Waals surface area contributed by atoms with Crippen molar-refractivity contribution in [2.75, 3.05) is 22.7 Å². The molecule has 3 N–H and O–H groups in total. The fraction of sp³-hybridized carbons (Fsp3) is 0.304. The van der Waals surface area contributed by atoms with E-state index in [2.05, 4.69) is 14.7 Å². The van der Waals surface area contributed by atoms with Gasteiger partial charge in [0.2, 0.25) is 0 Å². The predicted octanol–water partition coefficient (Wildman–Crippen LogP) is 3.66. The Morgan fingerprint density at radius 2 is 1.71 bits per heavy atom. The van der Waals surface area contributed by atoms with Gasteiger partial charge in [-0.25, -0.2) is 9.97 Å². The van der Waals surface area contributed by atoms with Crippen molar-refractivity contribution in [3.8, 4) is 11.3 Å². The van der Waals surface area contributed by atoms with E-state index in [0.717, 1.165) is 25.2 Å². The van der Waals surface area contributed by atoms with Crippen LogP contribution in [0.3, 0.4) is 0 Å². The third kappa shape index (κ3) is 4.09. The van der Waals surface area contributed by atoms with Crippen LogP contribution in [0.15, 0.2) is 59.6 Å². The summed E-state index contributed by atoms with van der Waals surface area (Å²) in [4.78, 5) is 10.3. The Labute approximate surface area is 194 Å². The van der Waals surface area contributed by atoms with Crippen molar-refractivity contribution in [1.29, 1.82) is 0 Å². The highest BCUT2D eigenvalue weighted by Gasteiger charge is 2.53. The molecule has 1 aliphatic carbocycles. The van der Waals surface area contributed by atoms with Crippen molar-refractivity contribution in [1.82, 2.24) is 9.97 Å². The summed E-state index contributed by atoms with van der Waals surface area (Å²) in [5, 5.41) is -0.242. The minimum absolute atomic E-state index is 0.193. The number of rotatable bonds is 5. The number of benzene rings is 1. The molecule has 1 saturated carbocycles. The third-order valence-electron chi connectivity index (χ3n) is 6.41. The fourth-order valence-corrected chi connectivity index (χ4v) is 5.43. The van der Waals surface area contributed by atoms with Crippen LogP contribution >= 0.6 is 0 Å². The lowest BCUT2D eigenvalue weighted by molar-refractivity contribution is -0.137. The second kappa shape index (κ2) is 7.95. The maximum Gasteiger partial charge on any atom is 0.418 e. The molecule has 3 aromatic rings. The lowest BCUT2D eigenvalue weighted by Gasteiger charge is -2.20. The summed E-state index contributed by atoms with van der Waals surface area (Å²) in [5.74, 6) is 1.09. The van der Waals surface area contributed by atoms with Crippen molar-refractivity contribution < 1.29 is 21.6 Å². The van der Waals surface area contributed by atoms with Gasteiger partial charge in [0, 0.05) is 24.7 Å². The number of hydrogen-bond acceptors (Lipinski definition) is 6. The first-order valence-electron chi connectivity index (χ1n) is 10.7. The molecular weight excluding hydrogens is 467 g/mol. The van der Waals surface area contributed by atoms with Crippen LogP contribution in [0.4, 0.5) is 24.8 Å². The van der Waals surface area contributed by atoms with Gasteiger partial charge in [0.25, 0.3) is 10.0 Å². The standard InChI is InChI=1S/C23H22F3N5O2S/c1-13-5-2-3-6-14(13)22-17(23(24,25)26)9-10-18(28-22)30-34(32,33)20-8-4-7-19(29-20)31-11-15-16(12-31)21(15)27/h2-10,15-16,21H,11-12,27H2,1H3,(H,28,30). The molecule has 2 fully saturated rings. The molecule has 178 valence electrons. The predicted molar refractivity (Wildman–Crippen MR) is 122 cm³/mol. The molecular formula is C23H22F3N5O2S. The Hall–Kier alpha value is -3.18. The van der Waals surface area contributed by atoms with Crippen molar-refractivity contribution in [2.24, 2.45) is 17.6 Å². The van der Waals surface area contributed by atoms with Crippen LogP contribution in [0.5, 0.6) is 0 Å². The highest BCUT2D eigenvalue weighted by atomic mass is 32.2. The van der Waals surface area contributed by atoms with Crippen LogP contribution in [-0.2, 0) is 16.2 Å². The fourth-order valence-electron chi connectivity index (χ4n) is 4.47. The van der Waals surface area contributed by atoms with Gasteiger partial charge in [0.05, 0.1) is 11.3 Å². The van der Waals surface area contributed by atoms with Gasteiger partial charge in [-0.1, -0.05) is 30.3 Å². The van der Waals surface area contributed by atoms with E-state index >= 15 is 0 Å². The van der Waals surface area contributed by atoms with E-state index in [1.54, 1.807) is 37.3 Å². The first-order valence-corrected chi connectivity index (χ1v) is 12.2. The number of piperidine rings is 1. The summed E-state index contributed by atoms with van der Waals surface area (Å²) in [6.07, 6.45) is -4.66. The lowest BCUT2D eigenvalue weighted by Crippen LogP contribution is -2.29. The first kappa shape index (κ1) is 22.6. The van der Waals surface area contributed by atoms with E-state index < -0.39 is 21.8 Å². The second-order valence-corrected chi connectivity index (χ2v) is 10.3. The molecule has 2 aliphatic rings. The van der Waals surface area contributed by atoms with E-state index in [0.29, 0.717) is 23.2 Å². The number of nitrogens with two attached hydrogens (primary N) is 1. The number of aromatic nitrogens is 2. The van der Waals surface area contributed by atoms with E-state index in [9.17, 15) is 21.6 Å². The normalized spacial score (nSPS) is 21.9. The third-order valence-corrected chi connectivity index (χ3v) is 7.66. The van der Waals surface area contributed by atoms with E-state index in [4.69, 9.17) is 5.73 Å². The van der Waals surface area contributed by atoms with Crippen LogP contribution < -0.4 is 15.4 Å². The molecule has 34 heavy (non-hydrogen) atoms. The summed E-state index contributed by atoms with van der Waals surface area (Å²) >= 11 is 0. The molecule has 0 spiro atoms. The van der Waals surface area contributed by atoms with Gasteiger partial charge in [0.1, 0.15) is 11.6 Å². The van der Waals surface area contributed by atoms with Crippen LogP contribution in [0.1, 0.15) is 11.1 Å². The second-order valence-electron chi connectivity index (χ2n) is 8.65. The Bertz CT molecular complexity index is 1350. The molecule has 2 aromatic heterocycles. The summed E-state index contributed by atoms with van der Waals surface area (Å²) in [6, 6.07) is 13.2. The zero-order chi connectivity index (χ0) is 24.3. The largest absolute Gasteiger partial charge is 0.418 e. The molecule has 1 aromatic carbocycles. The number of aryl methyl sites for hydroxylation is 1. The molecule has 0 bridgehead atoms. The van der Waals surface area contributed by atoms with Gasteiger partial charge in [-0.3, -0.25) is 4.72 Å². The maximum absolute atomic E-state index is 13.6. The summed E-state index contributed by atoms with van der Waals surface area (Å²) in [5.41, 5.74) is 5.52. The Balaban J connectivity index is 1.46. The molecule has 11 heteroatoms. The van der Waals surface area contributed by atoms with Gasteiger partial charge >= 0.3 is 6.18 Å². The van der Waals surface area contributed by atoms with Gasteiger partial charge in [-0.2, -0.15) is 21.6 Å². The average Bonchev–Trinajstić information content (AvgIpc) is 3.18. The number of pyridine rings is 2. The Morgan fingerprint density at radius 3 is 2.38 bits per heavy atom.